The molecule has 4 aromatic rings. The molecule has 10 heteroatoms. The first-order valence-corrected chi connectivity index (χ1v) is 10.9. The predicted octanol–water partition coefficient (Wildman–Crippen LogP) is 2.49. The summed E-state index contributed by atoms with van der Waals surface area (Å²) in [7, 11) is 3.18. The monoisotopic (exact) mass is 452 g/mol. The van der Waals surface area contributed by atoms with Crippen LogP contribution in [0.3, 0.4) is 0 Å². The van der Waals surface area contributed by atoms with Crippen molar-refractivity contribution in [2.45, 2.75) is 32.7 Å². The van der Waals surface area contributed by atoms with Crippen LogP contribution in [-0.4, -0.2) is 29.6 Å². The Labute approximate surface area is 188 Å². The fourth-order valence-corrected chi connectivity index (χ4v) is 4.18. The summed E-state index contributed by atoms with van der Waals surface area (Å²) in [6.07, 6.45) is 1.46. The third-order valence-electron chi connectivity index (χ3n) is 5.30. The highest BCUT2D eigenvalue weighted by Gasteiger charge is 2.18. The highest BCUT2D eigenvalue weighted by molar-refractivity contribution is 7.14. The van der Waals surface area contributed by atoms with Crippen LogP contribution in [0.25, 0.3) is 22.4 Å². The number of carbonyl (C=O) groups is 1. The molecule has 3 aromatic heterocycles. The maximum Gasteiger partial charge on any atom is 0.332 e. The molecule has 0 aliphatic heterocycles. The summed E-state index contributed by atoms with van der Waals surface area (Å²) in [6.45, 7) is 6.05. The van der Waals surface area contributed by atoms with Gasteiger partial charge in [-0.25, -0.2) is 19.3 Å². The van der Waals surface area contributed by atoms with Gasteiger partial charge in [0.1, 0.15) is 6.54 Å². The molecule has 0 atom stereocenters. The molecule has 1 N–H and O–H groups in total. The Balaban J connectivity index is 1.54. The summed E-state index contributed by atoms with van der Waals surface area (Å²) in [4.78, 5) is 46.5. The number of fused-ring (bicyclic) bond motifs is 1. The second-order valence-corrected chi connectivity index (χ2v) is 9.53. The number of anilines is 1. The fraction of sp³-hybridized carbons (Fsp3) is 0.318. The largest absolute Gasteiger partial charge is 0.332 e. The van der Waals surface area contributed by atoms with Gasteiger partial charge >= 0.3 is 5.69 Å². The number of benzene rings is 1. The Morgan fingerprint density at radius 1 is 1.12 bits per heavy atom. The molecule has 0 aliphatic rings. The van der Waals surface area contributed by atoms with E-state index in [4.69, 9.17) is 0 Å². The van der Waals surface area contributed by atoms with Crippen LogP contribution in [0, 0.1) is 0 Å². The van der Waals surface area contributed by atoms with Gasteiger partial charge in [-0.15, -0.1) is 11.3 Å². The van der Waals surface area contributed by atoms with Crippen LogP contribution in [0.15, 0.2) is 45.6 Å². The van der Waals surface area contributed by atoms with Gasteiger partial charge in [0, 0.05) is 25.0 Å². The summed E-state index contributed by atoms with van der Waals surface area (Å²) in [6, 6.07) is 8.16. The standard InChI is InChI=1S/C22H24N6O3S/c1-22(2,3)14-8-6-13(7-9-14)15-11-32-20(24-15)25-16(29)10-28-19(30)17-18(23-12-26(17)4)27(5)21(28)31/h6-9,11-12H,10H2,1-5H3,(H,24,25,29). The molecule has 0 radical (unpaired) electrons. The predicted molar refractivity (Wildman–Crippen MR) is 125 cm³/mol. The number of hydrogen-bond donors (Lipinski definition) is 1. The molecule has 32 heavy (non-hydrogen) atoms. The molecule has 0 saturated carbocycles. The molecular formula is C22H24N6O3S. The molecule has 0 aliphatic carbocycles. The quantitative estimate of drug-likeness (QED) is 0.512. The zero-order valence-corrected chi connectivity index (χ0v) is 19.4. The lowest BCUT2D eigenvalue weighted by atomic mass is 9.86. The van der Waals surface area contributed by atoms with E-state index >= 15 is 0 Å². The number of rotatable bonds is 4. The van der Waals surface area contributed by atoms with E-state index in [0.717, 1.165) is 15.8 Å². The van der Waals surface area contributed by atoms with E-state index in [-0.39, 0.29) is 16.6 Å². The van der Waals surface area contributed by atoms with Gasteiger partial charge in [0.05, 0.1) is 12.0 Å². The Kier molecular flexibility index (Phi) is 5.33. The van der Waals surface area contributed by atoms with E-state index in [9.17, 15) is 14.4 Å². The van der Waals surface area contributed by atoms with Crippen molar-refractivity contribution in [2.75, 3.05) is 5.32 Å². The molecule has 0 spiro atoms. The van der Waals surface area contributed by atoms with Gasteiger partial charge < -0.3 is 9.88 Å². The number of imidazole rings is 1. The summed E-state index contributed by atoms with van der Waals surface area (Å²) >= 11 is 1.28. The van der Waals surface area contributed by atoms with Crippen molar-refractivity contribution < 1.29 is 4.79 Å². The van der Waals surface area contributed by atoms with Gasteiger partial charge in [0.25, 0.3) is 5.56 Å². The van der Waals surface area contributed by atoms with Gasteiger partial charge in [-0.2, -0.15) is 0 Å². The second kappa shape index (κ2) is 7.86. The summed E-state index contributed by atoms with van der Waals surface area (Å²) in [5.41, 5.74) is 2.36. The van der Waals surface area contributed by atoms with Crippen LogP contribution in [-0.2, 0) is 30.8 Å². The van der Waals surface area contributed by atoms with Crippen molar-refractivity contribution in [3.8, 4) is 11.3 Å². The molecule has 3 heterocycles. The normalized spacial score (nSPS) is 11.8. The minimum absolute atomic E-state index is 0.0629. The average molecular weight is 453 g/mol. The Bertz CT molecular complexity index is 1430. The maximum atomic E-state index is 12.8. The van der Waals surface area contributed by atoms with E-state index in [0.29, 0.717) is 5.13 Å². The van der Waals surface area contributed by atoms with Gasteiger partial charge in [-0.1, -0.05) is 45.0 Å². The zero-order valence-electron chi connectivity index (χ0n) is 18.5. The minimum atomic E-state index is -0.602. The number of amides is 1. The van der Waals surface area contributed by atoms with Gasteiger partial charge in [0.15, 0.2) is 16.3 Å². The molecule has 166 valence electrons. The van der Waals surface area contributed by atoms with Crippen LogP contribution in [0.4, 0.5) is 5.13 Å². The van der Waals surface area contributed by atoms with Crippen molar-refractivity contribution in [1.82, 2.24) is 23.7 Å². The van der Waals surface area contributed by atoms with E-state index in [2.05, 4.69) is 48.2 Å². The molecule has 0 bridgehead atoms. The van der Waals surface area contributed by atoms with E-state index in [1.807, 2.05) is 17.5 Å². The third-order valence-corrected chi connectivity index (χ3v) is 6.06. The fourth-order valence-electron chi connectivity index (χ4n) is 3.44. The third kappa shape index (κ3) is 3.89. The number of thiazole rings is 1. The van der Waals surface area contributed by atoms with Gasteiger partial charge in [-0.3, -0.25) is 14.2 Å². The number of hydrogen-bond acceptors (Lipinski definition) is 6. The maximum absolute atomic E-state index is 12.8. The van der Waals surface area contributed by atoms with Crippen molar-refractivity contribution in [1.29, 1.82) is 0 Å². The molecule has 0 fully saturated rings. The van der Waals surface area contributed by atoms with Gasteiger partial charge in [0.2, 0.25) is 5.91 Å². The summed E-state index contributed by atoms with van der Waals surface area (Å²) in [5.74, 6) is -0.505. The lowest BCUT2D eigenvalue weighted by Gasteiger charge is -2.18. The van der Waals surface area contributed by atoms with E-state index < -0.39 is 23.7 Å². The van der Waals surface area contributed by atoms with Crippen molar-refractivity contribution in [3.63, 3.8) is 0 Å². The molecule has 9 nitrogen and oxygen atoms in total. The van der Waals surface area contributed by atoms with Crippen molar-refractivity contribution in [2.24, 2.45) is 14.1 Å². The van der Waals surface area contributed by atoms with E-state index in [1.165, 1.54) is 39.4 Å². The smallest absolute Gasteiger partial charge is 0.328 e. The summed E-state index contributed by atoms with van der Waals surface area (Å²) < 4.78 is 3.69. The number of carbonyl (C=O) groups excluding carboxylic acids is 1. The van der Waals surface area contributed by atoms with E-state index in [1.54, 1.807) is 7.05 Å². The SMILES string of the molecule is Cn1cnc2c1c(=O)n(CC(=O)Nc1nc(-c3ccc(C(C)(C)C)cc3)cs1)c(=O)n2C. The number of aromatic nitrogens is 5. The minimum Gasteiger partial charge on any atom is -0.328 e. The molecule has 0 unspecified atom stereocenters. The molecule has 1 amide bonds. The summed E-state index contributed by atoms with van der Waals surface area (Å²) in [5, 5.41) is 4.94. The molecule has 0 saturated heterocycles. The lowest BCUT2D eigenvalue weighted by Crippen LogP contribution is -2.42. The first-order chi connectivity index (χ1) is 15.1. The second-order valence-electron chi connectivity index (χ2n) is 8.67. The number of nitrogens with one attached hydrogen (secondary N) is 1. The van der Waals surface area contributed by atoms with Crippen LogP contribution in [0.5, 0.6) is 0 Å². The molecule has 1 aromatic carbocycles. The van der Waals surface area contributed by atoms with Crippen molar-refractivity contribution in [3.05, 3.63) is 62.4 Å². The van der Waals surface area contributed by atoms with Crippen LogP contribution >= 0.6 is 11.3 Å². The topological polar surface area (TPSA) is 104 Å². The van der Waals surface area contributed by atoms with Crippen LogP contribution < -0.4 is 16.6 Å². The number of aryl methyl sites for hydroxylation is 2. The Hall–Kier alpha value is -3.53. The number of nitrogens with zero attached hydrogens (tertiary/aromatic N) is 5. The highest BCUT2D eigenvalue weighted by atomic mass is 32.1. The molecular weight excluding hydrogens is 428 g/mol. The van der Waals surface area contributed by atoms with Gasteiger partial charge in [-0.05, 0) is 11.0 Å². The van der Waals surface area contributed by atoms with Crippen LogP contribution in [0.1, 0.15) is 26.3 Å². The Morgan fingerprint density at radius 3 is 2.47 bits per heavy atom. The Morgan fingerprint density at radius 2 is 1.81 bits per heavy atom. The average Bonchev–Trinajstić information content (AvgIpc) is 3.36. The highest BCUT2D eigenvalue weighted by Crippen LogP contribution is 2.28. The van der Waals surface area contributed by atoms with Crippen LogP contribution in [0.2, 0.25) is 0 Å². The lowest BCUT2D eigenvalue weighted by molar-refractivity contribution is -0.116. The first-order valence-electron chi connectivity index (χ1n) is 10.0. The molecule has 4 rings (SSSR count). The van der Waals surface area contributed by atoms with Crippen molar-refractivity contribution >= 4 is 33.5 Å². The first kappa shape index (κ1) is 21.7. The zero-order chi connectivity index (χ0) is 23.2.